The summed E-state index contributed by atoms with van der Waals surface area (Å²) in [6, 6.07) is 10.4. The molecule has 20 heavy (non-hydrogen) atoms. The number of aryl methyl sites for hydroxylation is 1. The molecule has 3 rings (SSSR count). The zero-order valence-corrected chi connectivity index (χ0v) is 12.7. The van der Waals surface area contributed by atoms with Crippen LogP contribution in [-0.2, 0) is 6.54 Å². The van der Waals surface area contributed by atoms with E-state index in [1.807, 2.05) is 12.3 Å². The maximum absolute atomic E-state index is 4.46. The Morgan fingerprint density at radius 3 is 2.95 bits per heavy atom. The molecule has 1 unspecified atom stereocenters. The van der Waals surface area contributed by atoms with Crippen LogP contribution in [-0.4, -0.2) is 27.1 Å². The molecule has 1 fully saturated rings. The molecule has 1 aromatic carbocycles. The molecule has 106 valence electrons. The highest BCUT2D eigenvalue weighted by atomic mass is 32.2. The highest BCUT2D eigenvalue weighted by Gasteiger charge is 2.15. The van der Waals surface area contributed by atoms with Crippen molar-refractivity contribution in [2.24, 2.45) is 0 Å². The highest BCUT2D eigenvalue weighted by molar-refractivity contribution is 8.00. The number of nitrogens with one attached hydrogen (secondary N) is 1. The minimum absolute atomic E-state index is 0.796. The van der Waals surface area contributed by atoms with Crippen molar-refractivity contribution in [3.63, 3.8) is 0 Å². The first-order chi connectivity index (χ1) is 9.84. The lowest BCUT2D eigenvalue weighted by Crippen LogP contribution is -2.23. The quantitative estimate of drug-likeness (QED) is 0.916. The molecule has 2 heterocycles. The van der Waals surface area contributed by atoms with Crippen molar-refractivity contribution in [1.82, 2.24) is 14.9 Å². The Morgan fingerprint density at radius 2 is 2.20 bits per heavy atom. The van der Waals surface area contributed by atoms with Crippen LogP contribution < -0.4 is 5.32 Å². The summed E-state index contributed by atoms with van der Waals surface area (Å²) in [5.41, 5.74) is 2.42. The van der Waals surface area contributed by atoms with Crippen LogP contribution in [0.3, 0.4) is 0 Å². The zero-order chi connectivity index (χ0) is 13.8. The lowest BCUT2D eigenvalue weighted by molar-refractivity contribution is 0.631. The third-order valence-electron chi connectivity index (χ3n) is 3.73. The lowest BCUT2D eigenvalue weighted by atomic mass is 10.2. The maximum Gasteiger partial charge on any atom is 0.110 e. The summed E-state index contributed by atoms with van der Waals surface area (Å²) in [6.07, 6.45) is 4.71. The third kappa shape index (κ3) is 3.07. The number of rotatable bonds is 5. The number of para-hydroxylation sites is 1. The van der Waals surface area contributed by atoms with Crippen LogP contribution in [0.5, 0.6) is 0 Å². The van der Waals surface area contributed by atoms with Crippen molar-refractivity contribution >= 4 is 11.8 Å². The van der Waals surface area contributed by atoms with Crippen molar-refractivity contribution in [3.8, 4) is 5.69 Å². The summed E-state index contributed by atoms with van der Waals surface area (Å²) >= 11 is 2.10. The standard InChI is InChI=1S/C16H21N3S/c1-13-18-11-15(10-17-12-16-8-5-9-20-16)19(13)14-6-3-2-4-7-14/h2-4,6-7,11,16-17H,5,8-10,12H2,1H3. The summed E-state index contributed by atoms with van der Waals surface area (Å²) in [7, 11) is 0. The molecule has 0 saturated carbocycles. The number of benzene rings is 1. The Hall–Kier alpha value is -1.26. The van der Waals surface area contributed by atoms with Gasteiger partial charge >= 0.3 is 0 Å². The van der Waals surface area contributed by atoms with Gasteiger partial charge in [0.15, 0.2) is 0 Å². The lowest BCUT2D eigenvalue weighted by Gasteiger charge is -2.13. The second-order valence-electron chi connectivity index (χ2n) is 5.23. The van der Waals surface area contributed by atoms with Gasteiger partial charge in [0.1, 0.15) is 5.82 Å². The van der Waals surface area contributed by atoms with Gasteiger partial charge in [-0.1, -0.05) is 18.2 Å². The van der Waals surface area contributed by atoms with Gasteiger partial charge in [-0.05, 0) is 37.7 Å². The number of nitrogens with zero attached hydrogens (tertiary/aromatic N) is 2. The van der Waals surface area contributed by atoms with Crippen LogP contribution in [0.15, 0.2) is 36.5 Å². The molecule has 0 radical (unpaired) electrons. The summed E-state index contributed by atoms with van der Waals surface area (Å²) in [5, 5.41) is 4.38. The molecule has 2 aromatic rings. The van der Waals surface area contributed by atoms with E-state index in [1.54, 1.807) is 0 Å². The predicted molar refractivity (Wildman–Crippen MR) is 85.5 cm³/mol. The number of aromatic nitrogens is 2. The fourth-order valence-electron chi connectivity index (χ4n) is 2.71. The molecular weight excluding hydrogens is 266 g/mol. The van der Waals surface area contributed by atoms with Crippen molar-refractivity contribution < 1.29 is 0 Å². The second kappa shape index (κ2) is 6.46. The van der Waals surface area contributed by atoms with Crippen molar-refractivity contribution in [3.05, 3.63) is 48.0 Å². The van der Waals surface area contributed by atoms with Crippen LogP contribution >= 0.6 is 11.8 Å². The van der Waals surface area contributed by atoms with Gasteiger partial charge in [0.25, 0.3) is 0 Å². The molecular formula is C16H21N3S. The van der Waals surface area contributed by atoms with Crippen molar-refractivity contribution in [1.29, 1.82) is 0 Å². The summed E-state index contributed by atoms with van der Waals surface area (Å²) in [5.74, 6) is 2.37. The number of imidazole rings is 1. The fourth-order valence-corrected chi connectivity index (χ4v) is 3.95. The SMILES string of the molecule is Cc1ncc(CNCC2CCCS2)n1-c1ccccc1. The van der Waals surface area contributed by atoms with Crippen molar-refractivity contribution in [2.75, 3.05) is 12.3 Å². The highest BCUT2D eigenvalue weighted by Crippen LogP contribution is 2.25. The van der Waals surface area contributed by atoms with E-state index < -0.39 is 0 Å². The first-order valence-electron chi connectivity index (χ1n) is 7.25. The molecule has 1 atom stereocenters. The van der Waals surface area contributed by atoms with E-state index in [0.29, 0.717) is 0 Å². The zero-order valence-electron chi connectivity index (χ0n) is 11.9. The van der Waals surface area contributed by atoms with Gasteiger partial charge in [0.05, 0.1) is 11.9 Å². The Balaban J connectivity index is 1.67. The minimum atomic E-state index is 0.796. The molecule has 0 amide bonds. The van der Waals surface area contributed by atoms with Crippen LogP contribution in [0.25, 0.3) is 5.69 Å². The van der Waals surface area contributed by atoms with Gasteiger partial charge in [0.2, 0.25) is 0 Å². The van der Waals surface area contributed by atoms with Crippen molar-refractivity contribution in [2.45, 2.75) is 31.6 Å². The van der Waals surface area contributed by atoms with Crippen LogP contribution in [0.4, 0.5) is 0 Å². The molecule has 0 aliphatic carbocycles. The van der Waals surface area contributed by atoms with E-state index >= 15 is 0 Å². The normalized spacial score (nSPS) is 18.6. The molecule has 3 nitrogen and oxygen atoms in total. The summed E-state index contributed by atoms with van der Waals surface area (Å²) in [6.45, 7) is 4.04. The van der Waals surface area contributed by atoms with E-state index in [2.05, 4.69) is 57.8 Å². The Bertz CT molecular complexity index is 544. The van der Waals surface area contributed by atoms with Gasteiger partial charge in [0, 0.05) is 24.0 Å². The van der Waals surface area contributed by atoms with Crippen LogP contribution in [0, 0.1) is 6.92 Å². The average Bonchev–Trinajstić information content (AvgIpc) is 3.10. The second-order valence-corrected chi connectivity index (χ2v) is 6.64. The first kappa shape index (κ1) is 13.7. The molecule has 1 aliphatic heterocycles. The topological polar surface area (TPSA) is 29.9 Å². The van der Waals surface area contributed by atoms with E-state index in [9.17, 15) is 0 Å². The van der Waals surface area contributed by atoms with E-state index in [-0.39, 0.29) is 0 Å². The van der Waals surface area contributed by atoms with Gasteiger partial charge in [-0.3, -0.25) is 4.57 Å². The molecule has 0 bridgehead atoms. The molecule has 1 aliphatic rings. The molecule has 1 saturated heterocycles. The van der Waals surface area contributed by atoms with E-state index in [1.165, 1.54) is 30.0 Å². The Labute approximate surface area is 124 Å². The smallest absolute Gasteiger partial charge is 0.110 e. The molecule has 1 N–H and O–H groups in total. The fraction of sp³-hybridized carbons (Fsp3) is 0.438. The third-order valence-corrected chi connectivity index (χ3v) is 5.13. The Morgan fingerprint density at radius 1 is 1.35 bits per heavy atom. The van der Waals surface area contributed by atoms with Crippen LogP contribution in [0.2, 0.25) is 0 Å². The molecule has 4 heteroatoms. The van der Waals surface area contributed by atoms with Crippen LogP contribution in [0.1, 0.15) is 24.4 Å². The molecule has 1 aromatic heterocycles. The van der Waals surface area contributed by atoms with Gasteiger partial charge in [-0.2, -0.15) is 11.8 Å². The van der Waals surface area contributed by atoms with Gasteiger partial charge in [-0.25, -0.2) is 4.98 Å². The Kier molecular flexibility index (Phi) is 4.43. The number of hydrogen-bond donors (Lipinski definition) is 1. The van der Waals surface area contributed by atoms with Gasteiger partial charge < -0.3 is 5.32 Å². The van der Waals surface area contributed by atoms with E-state index in [0.717, 1.165) is 24.2 Å². The first-order valence-corrected chi connectivity index (χ1v) is 8.30. The predicted octanol–water partition coefficient (Wildman–Crippen LogP) is 3.17. The largest absolute Gasteiger partial charge is 0.310 e. The molecule has 0 spiro atoms. The maximum atomic E-state index is 4.46. The summed E-state index contributed by atoms with van der Waals surface area (Å²) in [4.78, 5) is 4.46. The number of thioether (sulfide) groups is 1. The minimum Gasteiger partial charge on any atom is -0.310 e. The van der Waals surface area contributed by atoms with E-state index in [4.69, 9.17) is 0 Å². The number of hydrogen-bond acceptors (Lipinski definition) is 3. The summed E-state index contributed by atoms with van der Waals surface area (Å²) < 4.78 is 2.23. The average molecular weight is 287 g/mol. The van der Waals surface area contributed by atoms with Gasteiger partial charge in [-0.15, -0.1) is 0 Å². The monoisotopic (exact) mass is 287 g/mol.